The zero-order chi connectivity index (χ0) is 15.6. The number of benzene rings is 1. The van der Waals surface area contributed by atoms with Crippen molar-refractivity contribution in [2.24, 2.45) is 5.92 Å². The minimum Gasteiger partial charge on any atom is -0.314 e. The van der Waals surface area contributed by atoms with Crippen LogP contribution in [-0.2, 0) is 10.0 Å². The van der Waals surface area contributed by atoms with Crippen LogP contribution >= 0.6 is 11.8 Å². The third-order valence-electron chi connectivity index (χ3n) is 4.85. The van der Waals surface area contributed by atoms with Gasteiger partial charge in [-0.05, 0) is 62.6 Å². The molecule has 2 aliphatic heterocycles. The Morgan fingerprint density at radius 1 is 1.23 bits per heavy atom. The molecule has 0 spiro atoms. The minimum absolute atomic E-state index is 0.428. The number of nitrogens with zero attached hydrogens (tertiary/aromatic N) is 1. The molecule has 2 saturated heterocycles. The summed E-state index contributed by atoms with van der Waals surface area (Å²) in [6, 6.07) is 7.87. The minimum atomic E-state index is -3.34. The number of piperidine rings is 1. The Morgan fingerprint density at radius 2 is 2.00 bits per heavy atom. The van der Waals surface area contributed by atoms with E-state index < -0.39 is 10.0 Å². The van der Waals surface area contributed by atoms with E-state index >= 15 is 0 Å². The normalized spacial score (nSPS) is 24.7. The van der Waals surface area contributed by atoms with Crippen LogP contribution in [0.1, 0.15) is 25.7 Å². The van der Waals surface area contributed by atoms with Gasteiger partial charge in [0, 0.05) is 24.0 Å². The Kier molecular flexibility index (Phi) is 5.12. The SMILES string of the molecule is CSc1cccc(S(=O)(=O)N2CCC(C3CCCN3)CC2)c1. The van der Waals surface area contributed by atoms with Crippen molar-refractivity contribution in [3.63, 3.8) is 0 Å². The first-order valence-electron chi connectivity index (χ1n) is 7.99. The molecule has 4 nitrogen and oxygen atoms in total. The molecule has 2 aliphatic rings. The van der Waals surface area contributed by atoms with Crippen LogP contribution in [0.25, 0.3) is 0 Å². The Labute approximate surface area is 137 Å². The molecule has 3 rings (SSSR count). The number of thioether (sulfide) groups is 1. The maximum Gasteiger partial charge on any atom is 0.243 e. The molecule has 2 fully saturated rings. The topological polar surface area (TPSA) is 49.4 Å². The van der Waals surface area contributed by atoms with Gasteiger partial charge in [0.15, 0.2) is 0 Å². The van der Waals surface area contributed by atoms with Crippen LogP contribution < -0.4 is 5.32 Å². The summed E-state index contributed by atoms with van der Waals surface area (Å²) in [6.07, 6.45) is 6.40. The fourth-order valence-electron chi connectivity index (χ4n) is 3.54. The van der Waals surface area contributed by atoms with Crippen molar-refractivity contribution in [2.75, 3.05) is 25.9 Å². The summed E-state index contributed by atoms with van der Waals surface area (Å²) in [4.78, 5) is 1.42. The maximum absolute atomic E-state index is 12.8. The predicted octanol–water partition coefficient (Wildman–Crippen LogP) is 2.56. The quantitative estimate of drug-likeness (QED) is 0.856. The van der Waals surface area contributed by atoms with E-state index in [0.29, 0.717) is 29.9 Å². The van der Waals surface area contributed by atoms with E-state index in [4.69, 9.17) is 0 Å². The number of sulfonamides is 1. The molecule has 0 amide bonds. The second kappa shape index (κ2) is 6.91. The fraction of sp³-hybridized carbons (Fsp3) is 0.625. The molecule has 1 atom stereocenters. The van der Waals surface area contributed by atoms with Gasteiger partial charge in [-0.2, -0.15) is 4.31 Å². The smallest absolute Gasteiger partial charge is 0.243 e. The van der Waals surface area contributed by atoms with E-state index in [0.717, 1.165) is 24.3 Å². The maximum atomic E-state index is 12.8. The first kappa shape index (κ1) is 16.3. The Morgan fingerprint density at radius 3 is 2.64 bits per heavy atom. The van der Waals surface area contributed by atoms with Crippen LogP contribution in [-0.4, -0.2) is 44.7 Å². The Bertz CT molecular complexity index is 604. The van der Waals surface area contributed by atoms with Crippen LogP contribution in [0.4, 0.5) is 0 Å². The number of rotatable bonds is 4. The number of hydrogen-bond acceptors (Lipinski definition) is 4. The van der Waals surface area contributed by atoms with Crippen molar-refractivity contribution in [1.82, 2.24) is 9.62 Å². The lowest BCUT2D eigenvalue weighted by atomic mass is 9.89. The van der Waals surface area contributed by atoms with Crippen molar-refractivity contribution >= 4 is 21.8 Å². The molecule has 1 aromatic carbocycles. The third kappa shape index (κ3) is 3.35. The first-order chi connectivity index (χ1) is 10.6. The zero-order valence-electron chi connectivity index (χ0n) is 13.0. The molecule has 0 aliphatic carbocycles. The van der Waals surface area contributed by atoms with E-state index in [9.17, 15) is 8.42 Å². The van der Waals surface area contributed by atoms with E-state index in [1.165, 1.54) is 12.8 Å². The highest BCUT2D eigenvalue weighted by atomic mass is 32.2. The van der Waals surface area contributed by atoms with E-state index in [1.54, 1.807) is 28.2 Å². The Balaban J connectivity index is 1.68. The zero-order valence-corrected chi connectivity index (χ0v) is 14.6. The van der Waals surface area contributed by atoms with Gasteiger partial charge in [-0.25, -0.2) is 8.42 Å². The summed E-state index contributed by atoms with van der Waals surface area (Å²) in [5.74, 6) is 0.631. The second-order valence-electron chi connectivity index (χ2n) is 6.12. The average molecular weight is 341 g/mol. The van der Waals surface area contributed by atoms with Gasteiger partial charge in [-0.3, -0.25) is 0 Å². The Hall–Kier alpha value is -0.560. The molecule has 6 heteroatoms. The van der Waals surface area contributed by atoms with Crippen LogP contribution in [0.2, 0.25) is 0 Å². The second-order valence-corrected chi connectivity index (χ2v) is 8.94. The van der Waals surface area contributed by atoms with Crippen LogP contribution in [0, 0.1) is 5.92 Å². The highest BCUT2D eigenvalue weighted by Gasteiger charge is 2.33. The predicted molar refractivity (Wildman–Crippen MR) is 90.7 cm³/mol. The average Bonchev–Trinajstić information content (AvgIpc) is 3.09. The van der Waals surface area contributed by atoms with Crippen LogP contribution in [0.15, 0.2) is 34.1 Å². The highest BCUT2D eigenvalue weighted by Crippen LogP contribution is 2.29. The summed E-state index contributed by atoms with van der Waals surface area (Å²) in [7, 11) is -3.34. The lowest BCUT2D eigenvalue weighted by Gasteiger charge is -2.34. The summed E-state index contributed by atoms with van der Waals surface area (Å²) >= 11 is 1.57. The van der Waals surface area contributed by atoms with Gasteiger partial charge in [0.2, 0.25) is 10.0 Å². The van der Waals surface area contributed by atoms with Crippen molar-refractivity contribution in [3.8, 4) is 0 Å². The van der Waals surface area contributed by atoms with E-state index in [-0.39, 0.29) is 0 Å². The third-order valence-corrected chi connectivity index (χ3v) is 7.47. The van der Waals surface area contributed by atoms with Crippen molar-refractivity contribution in [3.05, 3.63) is 24.3 Å². The molecule has 22 heavy (non-hydrogen) atoms. The van der Waals surface area contributed by atoms with Crippen molar-refractivity contribution < 1.29 is 8.42 Å². The molecule has 0 aromatic heterocycles. The summed E-state index contributed by atoms with van der Waals surface area (Å²) in [5, 5.41) is 3.56. The van der Waals surface area contributed by atoms with Crippen LogP contribution in [0.3, 0.4) is 0 Å². The molecular weight excluding hydrogens is 316 g/mol. The van der Waals surface area contributed by atoms with E-state index in [1.807, 2.05) is 18.4 Å². The summed E-state index contributed by atoms with van der Waals surface area (Å²) in [6.45, 7) is 2.41. The van der Waals surface area contributed by atoms with E-state index in [2.05, 4.69) is 5.32 Å². The van der Waals surface area contributed by atoms with Gasteiger partial charge in [0.05, 0.1) is 4.90 Å². The van der Waals surface area contributed by atoms with Crippen molar-refractivity contribution in [1.29, 1.82) is 0 Å². The molecule has 1 N–H and O–H groups in total. The van der Waals surface area contributed by atoms with Gasteiger partial charge in [0.1, 0.15) is 0 Å². The van der Waals surface area contributed by atoms with Crippen LogP contribution in [0.5, 0.6) is 0 Å². The highest BCUT2D eigenvalue weighted by molar-refractivity contribution is 7.98. The lowest BCUT2D eigenvalue weighted by Crippen LogP contribution is -2.43. The number of hydrogen-bond donors (Lipinski definition) is 1. The summed E-state index contributed by atoms with van der Waals surface area (Å²) < 4.78 is 27.2. The number of nitrogens with one attached hydrogen (secondary N) is 1. The fourth-order valence-corrected chi connectivity index (χ4v) is 5.59. The standard InChI is InChI=1S/C16H24N2O2S2/c1-21-14-4-2-5-15(12-14)22(19,20)18-10-7-13(8-11-18)16-6-3-9-17-16/h2,4-5,12-13,16-17H,3,6-11H2,1H3. The molecular formula is C16H24N2O2S2. The summed E-state index contributed by atoms with van der Waals surface area (Å²) in [5.41, 5.74) is 0. The first-order valence-corrected chi connectivity index (χ1v) is 10.7. The monoisotopic (exact) mass is 340 g/mol. The molecule has 1 aromatic rings. The van der Waals surface area contributed by atoms with Gasteiger partial charge < -0.3 is 5.32 Å². The molecule has 122 valence electrons. The van der Waals surface area contributed by atoms with Crippen molar-refractivity contribution in [2.45, 2.75) is 41.5 Å². The molecule has 0 saturated carbocycles. The molecule has 0 radical (unpaired) electrons. The van der Waals surface area contributed by atoms with Gasteiger partial charge in [0.25, 0.3) is 0 Å². The molecule has 2 heterocycles. The van der Waals surface area contributed by atoms with Gasteiger partial charge in [-0.1, -0.05) is 6.07 Å². The van der Waals surface area contributed by atoms with Gasteiger partial charge >= 0.3 is 0 Å². The molecule has 0 bridgehead atoms. The van der Waals surface area contributed by atoms with Gasteiger partial charge in [-0.15, -0.1) is 11.8 Å². The largest absolute Gasteiger partial charge is 0.314 e. The lowest BCUT2D eigenvalue weighted by molar-refractivity contribution is 0.234. The molecule has 1 unspecified atom stereocenters.